The molecular weight excluding hydrogens is 448 g/mol. The fourth-order valence-corrected chi connectivity index (χ4v) is 3.86. The Balaban J connectivity index is 1.58. The summed E-state index contributed by atoms with van der Waals surface area (Å²) in [4.78, 5) is 27.2. The summed E-state index contributed by atoms with van der Waals surface area (Å²) in [5.41, 5.74) is 0.528. The van der Waals surface area contributed by atoms with Crippen molar-refractivity contribution in [1.29, 1.82) is 0 Å². The average Bonchev–Trinajstić information content (AvgIpc) is 2.77. The Morgan fingerprint density at radius 1 is 1.13 bits per heavy atom. The molecule has 1 fully saturated rings. The smallest absolute Gasteiger partial charge is 0.257 e. The highest BCUT2D eigenvalue weighted by Crippen LogP contribution is 2.29. The SMILES string of the molecule is COCCCNC(=O)C1CCN(C(=O)c2ccccc2Oc2cccc(Br)c2)CC1. The summed E-state index contributed by atoms with van der Waals surface area (Å²) in [5.74, 6) is 1.13. The molecule has 1 heterocycles. The quantitative estimate of drug-likeness (QED) is 0.580. The van der Waals surface area contributed by atoms with Crippen molar-refractivity contribution in [3.8, 4) is 11.5 Å². The van der Waals surface area contributed by atoms with E-state index in [9.17, 15) is 9.59 Å². The van der Waals surface area contributed by atoms with Gasteiger partial charge < -0.3 is 19.7 Å². The van der Waals surface area contributed by atoms with Crippen LogP contribution in [0.1, 0.15) is 29.6 Å². The maximum atomic E-state index is 13.1. The van der Waals surface area contributed by atoms with Crippen molar-refractivity contribution in [3.05, 3.63) is 58.6 Å². The van der Waals surface area contributed by atoms with Gasteiger partial charge in [-0.3, -0.25) is 9.59 Å². The second-order valence-corrected chi connectivity index (χ2v) is 8.18. The van der Waals surface area contributed by atoms with Crippen LogP contribution < -0.4 is 10.1 Å². The van der Waals surface area contributed by atoms with Crippen LogP contribution in [0.15, 0.2) is 53.0 Å². The molecule has 7 heteroatoms. The summed E-state index contributed by atoms with van der Waals surface area (Å²) in [6.45, 7) is 2.36. The molecule has 0 bridgehead atoms. The van der Waals surface area contributed by atoms with Gasteiger partial charge in [0.2, 0.25) is 5.91 Å². The monoisotopic (exact) mass is 474 g/mol. The minimum Gasteiger partial charge on any atom is -0.456 e. The van der Waals surface area contributed by atoms with E-state index >= 15 is 0 Å². The highest BCUT2D eigenvalue weighted by atomic mass is 79.9. The Morgan fingerprint density at radius 3 is 2.63 bits per heavy atom. The maximum Gasteiger partial charge on any atom is 0.257 e. The minimum absolute atomic E-state index is 0.0512. The molecule has 1 saturated heterocycles. The van der Waals surface area contributed by atoms with E-state index in [2.05, 4.69) is 21.2 Å². The molecule has 1 aliphatic rings. The first-order chi connectivity index (χ1) is 14.6. The molecule has 1 aliphatic heterocycles. The van der Waals surface area contributed by atoms with E-state index in [1.165, 1.54) is 0 Å². The number of hydrogen-bond donors (Lipinski definition) is 1. The third-order valence-electron chi connectivity index (χ3n) is 5.12. The number of para-hydroxylation sites is 1. The normalized spacial score (nSPS) is 14.4. The molecule has 1 N–H and O–H groups in total. The standard InChI is InChI=1S/C23H27BrN2O4/c1-29-15-5-12-25-22(27)17-10-13-26(14-11-17)23(28)20-8-2-3-9-21(20)30-19-7-4-6-18(24)16-19/h2-4,6-9,16-17H,5,10-15H2,1H3,(H,25,27). The van der Waals surface area contributed by atoms with E-state index in [4.69, 9.17) is 9.47 Å². The van der Waals surface area contributed by atoms with Crippen molar-refractivity contribution in [2.45, 2.75) is 19.3 Å². The van der Waals surface area contributed by atoms with E-state index in [1.807, 2.05) is 36.4 Å². The number of benzene rings is 2. The number of carbonyl (C=O) groups is 2. The Kier molecular flexibility index (Phi) is 8.28. The number of piperidine rings is 1. The van der Waals surface area contributed by atoms with Gasteiger partial charge in [-0.15, -0.1) is 0 Å². The zero-order valence-electron chi connectivity index (χ0n) is 17.1. The van der Waals surface area contributed by atoms with Gasteiger partial charge in [0, 0.05) is 43.7 Å². The van der Waals surface area contributed by atoms with Crippen molar-refractivity contribution in [3.63, 3.8) is 0 Å². The van der Waals surface area contributed by atoms with Crippen LogP contribution in [0.5, 0.6) is 11.5 Å². The van der Waals surface area contributed by atoms with Crippen LogP contribution in [0.3, 0.4) is 0 Å². The second kappa shape index (κ2) is 11.1. The number of nitrogens with zero attached hydrogens (tertiary/aromatic N) is 1. The number of likely N-dealkylation sites (tertiary alicyclic amines) is 1. The molecule has 0 aliphatic carbocycles. The largest absolute Gasteiger partial charge is 0.456 e. The summed E-state index contributed by atoms with van der Waals surface area (Å²) in [7, 11) is 1.65. The average molecular weight is 475 g/mol. The number of carbonyl (C=O) groups excluding carboxylic acids is 2. The van der Waals surface area contributed by atoms with E-state index < -0.39 is 0 Å². The summed E-state index contributed by atoms with van der Waals surface area (Å²) < 4.78 is 11.9. The molecular formula is C23H27BrN2O4. The minimum atomic E-state index is -0.0699. The van der Waals surface area contributed by atoms with Gasteiger partial charge in [0.05, 0.1) is 5.56 Å². The van der Waals surface area contributed by atoms with Crippen molar-refractivity contribution in [1.82, 2.24) is 10.2 Å². The first-order valence-corrected chi connectivity index (χ1v) is 11.0. The predicted octanol–water partition coefficient (Wildman–Crippen LogP) is 4.25. The Bertz CT molecular complexity index is 866. The fourth-order valence-electron chi connectivity index (χ4n) is 3.48. The van der Waals surface area contributed by atoms with Gasteiger partial charge >= 0.3 is 0 Å². The van der Waals surface area contributed by atoms with Crippen LogP contribution in [-0.4, -0.2) is 50.1 Å². The molecule has 2 aromatic rings. The van der Waals surface area contributed by atoms with Gasteiger partial charge in [-0.2, -0.15) is 0 Å². The lowest BCUT2D eigenvalue weighted by Crippen LogP contribution is -2.43. The van der Waals surface area contributed by atoms with E-state index in [1.54, 1.807) is 24.1 Å². The number of amides is 2. The van der Waals surface area contributed by atoms with Crippen LogP contribution in [0.4, 0.5) is 0 Å². The molecule has 0 unspecified atom stereocenters. The molecule has 0 radical (unpaired) electrons. The van der Waals surface area contributed by atoms with Crippen LogP contribution in [-0.2, 0) is 9.53 Å². The third-order valence-corrected chi connectivity index (χ3v) is 5.61. The fraction of sp³-hybridized carbons (Fsp3) is 0.391. The van der Waals surface area contributed by atoms with Crippen molar-refractivity contribution in [2.24, 2.45) is 5.92 Å². The third kappa shape index (κ3) is 6.06. The first-order valence-electron chi connectivity index (χ1n) is 10.2. The van der Waals surface area contributed by atoms with Gasteiger partial charge in [0.1, 0.15) is 11.5 Å². The lowest BCUT2D eigenvalue weighted by molar-refractivity contribution is -0.126. The van der Waals surface area contributed by atoms with Gasteiger partial charge in [0.15, 0.2) is 0 Å². The molecule has 160 valence electrons. The zero-order chi connectivity index (χ0) is 21.3. The second-order valence-electron chi connectivity index (χ2n) is 7.26. The van der Waals surface area contributed by atoms with Crippen LogP contribution in [0.25, 0.3) is 0 Å². The number of rotatable bonds is 8. The van der Waals surface area contributed by atoms with Crippen molar-refractivity contribution >= 4 is 27.7 Å². The molecule has 0 spiro atoms. The molecule has 6 nitrogen and oxygen atoms in total. The van der Waals surface area contributed by atoms with Gasteiger partial charge in [-0.25, -0.2) is 0 Å². The Morgan fingerprint density at radius 2 is 1.90 bits per heavy atom. The van der Waals surface area contributed by atoms with Crippen molar-refractivity contribution in [2.75, 3.05) is 33.4 Å². The predicted molar refractivity (Wildman–Crippen MR) is 119 cm³/mol. The molecule has 0 atom stereocenters. The number of hydrogen-bond acceptors (Lipinski definition) is 4. The van der Waals surface area contributed by atoms with Crippen molar-refractivity contribution < 1.29 is 19.1 Å². The molecule has 0 saturated carbocycles. The van der Waals surface area contributed by atoms with Crippen LogP contribution >= 0.6 is 15.9 Å². The lowest BCUT2D eigenvalue weighted by atomic mass is 9.95. The number of ether oxygens (including phenoxy) is 2. The molecule has 2 amide bonds. The summed E-state index contributed by atoms with van der Waals surface area (Å²) in [6.07, 6.45) is 2.13. The molecule has 3 rings (SSSR count). The lowest BCUT2D eigenvalue weighted by Gasteiger charge is -2.31. The number of halogens is 1. The van der Waals surface area contributed by atoms with Crippen LogP contribution in [0.2, 0.25) is 0 Å². The summed E-state index contributed by atoms with van der Waals surface area (Å²) in [6, 6.07) is 14.8. The van der Waals surface area contributed by atoms with E-state index in [0.717, 1.165) is 10.9 Å². The summed E-state index contributed by atoms with van der Waals surface area (Å²) in [5, 5.41) is 2.96. The highest BCUT2D eigenvalue weighted by Gasteiger charge is 2.28. The number of nitrogens with one attached hydrogen (secondary N) is 1. The highest BCUT2D eigenvalue weighted by molar-refractivity contribution is 9.10. The number of methoxy groups -OCH3 is 1. The topological polar surface area (TPSA) is 67.9 Å². The Hall–Kier alpha value is -2.38. The molecule has 30 heavy (non-hydrogen) atoms. The first kappa shape index (κ1) is 22.3. The van der Waals surface area contributed by atoms with E-state index in [0.29, 0.717) is 56.1 Å². The zero-order valence-corrected chi connectivity index (χ0v) is 18.7. The Labute approximate surface area is 185 Å². The van der Waals surface area contributed by atoms with Gasteiger partial charge in [-0.05, 0) is 49.6 Å². The molecule has 0 aromatic heterocycles. The van der Waals surface area contributed by atoms with Crippen LogP contribution in [0, 0.1) is 5.92 Å². The van der Waals surface area contributed by atoms with E-state index in [-0.39, 0.29) is 17.7 Å². The molecule has 2 aromatic carbocycles. The maximum absolute atomic E-state index is 13.1. The van der Waals surface area contributed by atoms with Gasteiger partial charge in [0.25, 0.3) is 5.91 Å². The van der Waals surface area contributed by atoms with Gasteiger partial charge in [-0.1, -0.05) is 34.1 Å². The summed E-state index contributed by atoms with van der Waals surface area (Å²) >= 11 is 3.43.